The van der Waals surface area contributed by atoms with Crippen LogP contribution in [0.5, 0.6) is 0 Å². The molecule has 1 aliphatic heterocycles. The Labute approximate surface area is 94.9 Å². The van der Waals surface area contributed by atoms with Crippen LogP contribution in [0.4, 0.5) is 4.39 Å². The van der Waals surface area contributed by atoms with E-state index in [2.05, 4.69) is 10.2 Å². The van der Waals surface area contributed by atoms with E-state index in [0.717, 1.165) is 31.7 Å². The zero-order valence-electron chi connectivity index (χ0n) is 9.19. The second kappa shape index (κ2) is 5.39. The number of piperazine rings is 1. The van der Waals surface area contributed by atoms with Crippen LogP contribution in [0.15, 0.2) is 24.3 Å². The van der Waals surface area contributed by atoms with E-state index in [0.29, 0.717) is 0 Å². The van der Waals surface area contributed by atoms with Gasteiger partial charge < -0.3 is 10.4 Å². The highest BCUT2D eigenvalue weighted by atomic mass is 19.1. The van der Waals surface area contributed by atoms with E-state index >= 15 is 0 Å². The summed E-state index contributed by atoms with van der Waals surface area (Å²) in [6.07, 6.45) is 0. The highest BCUT2D eigenvalue weighted by molar-refractivity contribution is 5.20. The molecule has 0 aliphatic carbocycles. The van der Waals surface area contributed by atoms with Crippen LogP contribution in [0.2, 0.25) is 0 Å². The van der Waals surface area contributed by atoms with Crippen LogP contribution in [0, 0.1) is 5.82 Å². The molecule has 1 aromatic rings. The van der Waals surface area contributed by atoms with Gasteiger partial charge in [-0.1, -0.05) is 12.1 Å². The zero-order chi connectivity index (χ0) is 11.4. The first-order valence-electron chi connectivity index (χ1n) is 5.62. The van der Waals surface area contributed by atoms with Crippen molar-refractivity contribution in [2.45, 2.75) is 6.04 Å². The maximum Gasteiger partial charge on any atom is 0.123 e. The lowest BCUT2D eigenvalue weighted by atomic mass is 10.1. The average Bonchev–Trinajstić information content (AvgIpc) is 2.31. The van der Waals surface area contributed by atoms with Crippen molar-refractivity contribution in [3.8, 4) is 0 Å². The van der Waals surface area contributed by atoms with Crippen molar-refractivity contribution >= 4 is 0 Å². The van der Waals surface area contributed by atoms with Crippen molar-refractivity contribution in [1.82, 2.24) is 10.2 Å². The summed E-state index contributed by atoms with van der Waals surface area (Å²) in [6, 6.07) is 6.40. The van der Waals surface area contributed by atoms with Crippen molar-refractivity contribution in [3.05, 3.63) is 35.6 Å². The van der Waals surface area contributed by atoms with Gasteiger partial charge >= 0.3 is 0 Å². The van der Waals surface area contributed by atoms with Gasteiger partial charge in [-0.25, -0.2) is 4.39 Å². The molecule has 0 amide bonds. The third-order valence-electron chi connectivity index (χ3n) is 3.00. The summed E-state index contributed by atoms with van der Waals surface area (Å²) < 4.78 is 13.1. The number of benzene rings is 1. The summed E-state index contributed by atoms with van der Waals surface area (Å²) in [5.41, 5.74) is 0.851. The topological polar surface area (TPSA) is 35.5 Å². The van der Waals surface area contributed by atoms with Crippen molar-refractivity contribution in [3.63, 3.8) is 0 Å². The van der Waals surface area contributed by atoms with E-state index in [1.54, 1.807) is 6.07 Å². The molecule has 16 heavy (non-hydrogen) atoms. The number of aliphatic hydroxyl groups excluding tert-OH is 1. The first-order chi connectivity index (χ1) is 7.81. The molecule has 4 heteroatoms. The Hall–Kier alpha value is -0.970. The number of halogens is 1. The summed E-state index contributed by atoms with van der Waals surface area (Å²) in [7, 11) is 0. The fourth-order valence-corrected chi connectivity index (χ4v) is 2.14. The van der Waals surface area contributed by atoms with Gasteiger partial charge in [-0.3, -0.25) is 4.90 Å². The van der Waals surface area contributed by atoms with Crippen molar-refractivity contribution in [1.29, 1.82) is 0 Å². The molecular weight excluding hydrogens is 207 g/mol. The third-order valence-corrected chi connectivity index (χ3v) is 3.00. The SMILES string of the molecule is OCC(c1cccc(F)c1)N1CCNCC1. The molecule has 1 saturated heterocycles. The Morgan fingerprint density at radius 1 is 1.38 bits per heavy atom. The van der Waals surface area contributed by atoms with Gasteiger partial charge in [0, 0.05) is 26.2 Å². The predicted molar refractivity (Wildman–Crippen MR) is 60.7 cm³/mol. The minimum absolute atomic E-state index is 0.0312. The molecule has 0 spiro atoms. The van der Waals surface area contributed by atoms with Gasteiger partial charge in [0.05, 0.1) is 12.6 Å². The molecule has 0 bridgehead atoms. The van der Waals surface area contributed by atoms with Crippen molar-refractivity contribution in [2.75, 3.05) is 32.8 Å². The Morgan fingerprint density at radius 3 is 2.75 bits per heavy atom. The van der Waals surface area contributed by atoms with Gasteiger partial charge in [0.1, 0.15) is 5.82 Å². The molecule has 1 heterocycles. The maximum atomic E-state index is 13.1. The minimum Gasteiger partial charge on any atom is -0.394 e. The Morgan fingerprint density at radius 2 is 2.12 bits per heavy atom. The molecule has 2 N–H and O–H groups in total. The fourth-order valence-electron chi connectivity index (χ4n) is 2.14. The van der Waals surface area contributed by atoms with E-state index in [9.17, 15) is 9.50 Å². The zero-order valence-corrected chi connectivity index (χ0v) is 9.19. The van der Waals surface area contributed by atoms with Crippen LogP contribution in [0.1, 0.15) is 11.6 Å². The second-order valence-electron chi connectivity index (χ2n) is 4.04. The molecule has 88 valence electrons. The molecule has 1 aliphatic rings. The lowest BCUT2D eigenvalue weighted by molar-refractivity contribution is 0.110. The third kappa shape index (κ3) is 2.58. The molecule has 1 unspecified atom stereocenters. The summed E-state index contributed by atoms with van der Waals surface area (Å²) in [4.78, 5) is 2.19. The Balaban J connectivity index is 2.14. The van der Waals surface area contributed by atoms with Crippen LogP contribution < -0.4 is 5.32 Å². The van der Waals surface area contributed by atoms with Gasteiger partial charge in [0.25, 0.3) is 0 Å². The fraction of sp³-hybridized carbons (Fsp3) is 0.500. The van der Waals surface area contributed by atoms with E-state index in [1.165, 1.54) is 12.1 Å². The summed E-state index contributed by atoms with van der Waals surface area (Å²) in [5.74, 6) is -0.244. The highest BCUT2D eigenvalue weighted by Crippen LogP contribution is 2.21. The normalized spacial score (nSPS) is 19.6. The number of hydrogen-bond acceptors (Lipinski definition) is 3. The molecule has 0 aromatic heterocycles. The summed E-state index contributed by atoms with van der Waals surface area (Å²) in [6.45, 7) is 3.66. The second-order valence-corrected chi connectivity index (χ2v) is 4.04. The van der Waals surface area contributed by atoms with Crippen LogP contribution in [0.25, 0.3) is 0 Å². The van der Waals surface area contributed by atoms with E-state index < -0.39 is 0 Å². The first-order valence-corrected chi connectivity index (χ1v) is 5.62. The van der Waals surface area contributed by atoms with Gasteiger partial charge in [-0.15, -0.1) is 0 Å². The number of hydrogen-bond donors (Lipinski definition) is 2. The van der Waals surface area contributed by atoms with Crippen LogP contribution in [-0.4, -0.2) is 42.8 Å². The molecule has 0 saturated carbocycles. The molecule has 1 fully saturated rings. The number of rotatable bonds is 3. The van der Waals surface area contributed by atoms with E-state index in [4.69, 9.17) is 0 Å². The highest BCUT2D eigenvalue weighted by Gasteiger charge is 2.21. The summed E-state index contributed by atoms with van der Waals surface area (Å²) in [5, 5.41) is 12.7. The van der Waals surface area contributed by atoms with Crippen LogP contribution >= 0.6 is 0 Å². The number of nitrogens with one attached hydrogen (secondary N) is 1. The largest absolute Gasteiger partial charge is 0.394 e. The van der Waals surface area contributed by atoms with E-state index in [-0.39, 0.29) is 18.5 Å². The predicted octanol–water partition coefficient (Wildman–Crippen LogP) is 0.764. The monoisotopic (exact) mass is 224 g/mol. The molecular formula is C12H17FN2O. The van der Waals surface area contributed by atoms with Gasteiger partial charge in [-0.05, 0) is 17.7 Å². The lowest BCUT2D eigenvalue weighted by Crippen LogP contribution is -2.46. The molecule has 0 radical (unpaired) electrons. The van der Waals surface area contributed by atoms with E-state index in [1.807, 2.05) is 6.07 Å². The van der Waals surface area contributed by atoms with Gasteiger partial charge in [0.2, 0.25) is 0 Å². The molecule has 2 rings (SSSR count). The van der Waals surface area contributed by atoms with Crippen LogP contribution in [-0.2, 0) is 0 Å². The van der Waals surface area contributed by atoms with Crippen molar-refractivity contribution in [2.24, 2.45) is 0 Å². The van der Waals surface area contributed by atoms with Gasteiger partial charge in [0.15, 0.2) is 0 Å². The standard InChI is InChI=1S/C12H17FN2O/c13-11-3-1-2-10(8-11)12(9-16)15-6-4-14-5-7-15/h1-3,8,12,14,16H,4-7,9H2. The number of nitrogens with zero attached hydrogens (tertiary/aromatic N) is 1. The molecule has 1 atom stereocenters. The smallest absolute Gasteiger partial charge is 0.123 e. The Bertz CT molecular complexity index is 340. The van der Waals surface area contributed by atoms with Crippen molar-refractivity contribution < 1.29 is 9.50 Å². The Kier molecular flexibility index (Phi) is 3.88. The molecule has 1 aromatic carbocycles. The summed E-state index contributed by atoms with van der Waals surface area (Å²) >= 11 is 0. The first kappa shape index (κ1) is 11.5. The number of aliphatic hydroxyl groups is 1. The van der Waals surface area contributed by atoms with Crippen LogP contribution in [0.3, 0.4) is 0 Å². The lowest BCUT2D eigenvalue weighted by Gasteiger charge is -2.34. The molecule has 3 nitrogen and oxygen atoms in total. The van der Waals surface area contributed by atoms with Gasteiger partial charge in [-0.2, -0.15) is 0 Å². The quantitative estimate of drug-likeness (QED) is 0.796. The maximum absolute atomic E-state index is 13.1. The minimum atomic E-state index is -0.244. The average molecular weight is 224 g/mol.